The number of H-pyrrole nitrogens is 1. The van der Waals surface area contributed by atoms with Gasteiger partial charge in [0.2, 0.25) is 0 Å². The van der Waals surface area contributed by atoms with Crippen molar-refractivity contribution >= 4 is 17.5 Å². The Morgan fingerprint density at radius 2 is 1.81 bits per heavy atom. The highest BCUT2D eigenvalue weighted by molar-refractivity contribution is 5.95. The first-order valence-electron chi connectivity index (χ1n) is 7.98. The third-order valence-electron chi connectivity index (χ3n) is 3.89. The lowest BCUT2D eigenvalue weighted by atomic mass is 10.1. The Hall–Kier alpha value is -3.61. The predicted molar refractivity (Wildman–Crippen MR) is 101 cm³/mol. The molecule has 0 spiro atoms. The summed E-state index contributed by atoms with van der Waals surface area (Å²) in [5.41, 5.74) is 9.65. The molecule has 7 nitrogen and oxygen atoms in total. The van der Waals surface area contributed by atoms with Crippen LogP contribution in [0.15, 0.2) is 54.7 Å². The molecule has 5 N–H and O–H groups in total. The van der Waals surface area contributed by atoms with Crippen LogP contribution in [0, 0.1) is 5.41 Å². The van der Waals surface area contributed by atoms with Crippen molar-refractivity contribution in [3.63, 3.8) is 0 Å². The number of benzene rings is 2. The Labute approximate surface area is 150 Å². The van der Waals surface area contributed by atoms with Crippen molar-refractivity contribution in [3.8, 4) is 22.6 Å². The fraction of sp³-hybridized carbons (Fsp3) is 0.105. The van der Waals surface area contributed by atoms with E-state index in [9.17, 15) is 4.79 Å². The molecule has 2 aromatic carbocycles. The van der Waals surface area contributed by atoms with Crippen molar-refractivity contribution < 1.29 is 9.53 Å². The van der Waals surface area contributed by atoms with Crippen LogP contribution in [-0.2, 0) is 9.53 Å². The number of aromatic nitrogens is 2. The van der Waals surface area contributed by atoms with Crippen molar-refractivity contribution in [3.05, 3.63) is 60.3 Å². The first kappa shape index (κ1) is 17.2. The third kappa shape index (κ3) is 3.89. The topological polar surface area (TPSA) is 117 Å². The summed E-state index contributed by atoms with van der Waals surface area (Å²) in [6, 6.07) is 15.0. The van der Waals surface area contributed by atoms with Crippen LogP contribution in [0.2, 0.25) is 0 Å². The molecule has 0 aliphatic carbocycles. The molecular formula is C19H19N5O2. The van der Waals surface area contributed by atoms with Crippen LogP contribution in [0.1, 0.15) is 5.56 Å². The number of nitrogens with one attached hydrogen (secondary N) is 3. The number of nitrogen functional groups attached to an aromatic ring is 1. The van der Waals surface area contributed by atoms with Crippen LogP contribution in [0.4, 0.5) is 5.69 Å². The molecule has 0 unspecified atom stereocenters. The molecule has 0 amide bonds. The van der Waals surface area contributed by atoms with E-state index >= 15 is 0 Å². The van der Waals surface area contributed by atoms with Crippen molar-refractivity contribution in [2.24, 2.45) is 5.73 Å². The molecule has 132 valence electrons. The first-order chi connectivity index (χ1) is 12.6. The summed E-state index contributed by atoms with van der Waals surface area (Å²) in [7, 11) is 1.36. The second kappa shape index (κ2) is 7.52. The zero-order chi connectivity index (χ0) is 18.5. The number of nitrogens with zero attached hydrogens (tertiary/aromatic N) is 1. The first-order valence-corrected chi connectivity index (χ1v) is 7.98. The standard InChI is InChI=1S/C19H19N5O2/c1-26-17(25)11-22-15-8-6-14(7-9-15)19-23-10-16(24-19)12-2-4-13(5-3-12)18(20)21/h2-10,22H,11H2,1H3,(H3,20,21)(H,23,24). The second-order valence-electron chi connectivity index (χ2n) is 5.63. The highest BCUT2D eigenvalue weighted by Crippen LogP contribution is 2.23. The Morgan fingerprint density at radius 3 is 2.42 bits per heavy atom. The van der Waals surface area contributed by atoms with Gasteiger partial charge >= 0.3 is 5.97 Å². The number of hydrogen-bond donors (Lipinski definition) is 4. The van der Waals surface area contributed by atoms with Gasteiger partial charge in [0.25, 0.3) is 0 Å². The van der Waals surface area contributed by atoms with Gasteiger partial charge in [0.1, 0.15) is 18.2 Å². The van der Waals surface area contributed by atoms with Gasteiger partial charge < -0.3 is 20.8 Å². The Kier molecular flexibility index (Phi) is 4.98. The zero-order valence-electron chi connectivity index (χ0n) is 14.2. The summed E-state index contributed by atoms with van der Waals surface area (Å²) in [6.45, 7) is 0.122. The number of amidine groups is 1. The molecule has 7 heteroatoms. The van der Waals surface area contributed by atoms with E-state index in [-0.39, 0.29) is 18.3 Å². The van der Waals surface area contributed by atoms with E-state index in [1.54, 1.807) is 12.1 Å². The van der Waals surface area contributed by atoms with Crippen molar-refractivity contribution in [1.29, 1.82) is 5.41 Å². The molecule has 0 saturated heterocycles. The van der Waals surface area contributed by atoms with Crippen LogP contribution in [0.3, 0.4) is 0 Å². The highest BCUT2D eigenvalue weighted by atomic mass is 16.5. The van der Waals surface area contributed by atoms with E-state index in [1.165, 1.54) is 7.11 Å². The summed E-state index contributed by atoms with van der Waals surface area (Å²) in [6.07, 6.45) is 1.83. The van der Waals surface area contributed by atoms with Gasteiger partial charge in [-0.3, -0.25) is 10.2 Å². The number of anilines is 1. The number of esters is 1. The van der Waals surface area contributed by atoms with Crippen LogP contribution >= 0.6 is 0 Å². The van der Waals surface area contributed by atoms with Gasteiger partial charge in [0.15, 0.2) is 0 Å². The highest BCUT2D eigenvalue weighted by Gasteiger charge is 2.07. The minimum Gasteiger partial charge on any atom is -0.468 e. The summed E-state index contributed by atoms with van der Waals surface area (Å²) >= 11 is 0. The van der Waals surface area contributed by atoms with E-state index in [4.69, 9.17) is 11.1 Å². The Balaban J connectivity index is 1.73. The second-order valence-corrected chi connectivity index (χ2v) is 5.63. The van der Waals surface area contributed by atoms with E-state index in [2.05, 4.69) is 20.0 Å². The lowest BCUT2D eigenvalue weighted by Gasteiger charge is -2.05. The minimum atomic E-state index is -0.319. The predicted octanol–water partition coefficient (Wildman–Crippen LogP) is 2.61. The zero-order valence-corrected chi connectivity index (χ0v) is 14.2. The fourth-order valence-electron chi connectivity index (χ4n) is 2.43. The lowest BCUT2D eigenvalue weighted by molar-refractivity contribution is -0.138. The van der Waals surface area contributed by atoms with Gasteiger partial charge in [-0.25, -0.2) is 4.98 Å². The molecule has 0 fully saturated rings. The summed E-state index contributed by atoms with van der Waals surface area (Å²) < 4.78 is 4.60. The molecule has 0 radical (unpaired) electrons. The molecule has 0 aliphatic heterocycles. The fourth-order valence-corrected chi connectivity index (χ4v) is 2.43. The number of nitrogens with two attached hydrogens (primary N) is 1. The summed E-state index contributed by atoms with van der Waals surface area (Å²) in [5.74, 6) is 0.468. The SMILES string of the molecule is COC(=O)CNc1ccc(-c2nc(-c3ccc(C(=N)N)cc3)c[nH]2)cc1. The lowest BCUT2D eigenvalue weighted by Crippen LogP contribution is -2.14. The van der Waals surface area contributed by atoms with Gasteiger partial charge in [-0.1, -0.05) is 24.3 Å². The van der Waals surface area contributed by atoms with Crippen LogP contribution in [-0.4, -0.2) is 35.4 Å². The number of ether oxygens (including phenoxy) is 1. The molecule has 0 aliphatic rings. The van der Waals surface area contributed by atoms with Gasteiger partial charge in [-0.15, -0.1) is 0 Å². The number of hydrogen-bond acceptors (Lipinski definition) is 5. The van der Waals surface area contributed by atoms with Gasteiger partial charge in [0.05, 0.1) is 12.8 Å². The molecule has 3 aromatic rings. The maximum atomic E-state index is 11.2. The molecule has 0 atom stereocenters. The van der Waals surface area contributed by atoms with Crippen LogP contribution in [0.25, 0.3) is 22.6 Å². The largest absolute Gasteiger partial charge is 0.468 e. The monoisotopic (exact) mass is 349 g/mol. The van der Waals surface area contributed by atoms with Gasteiger partial charge in [0, 0.05) is 28.6 Å². The number of imidazole rings is 1. The average Bonchev–Trinajstić information content (AvgIpc) is 3.16. The van der Waals surface area contributed by atoms with Crippen molar-refractivity contribution in [1.82, 2.24) is 9.97 Å². The van der Waals surface area contributed by atoms with Crippen molar-refractivity contribution in [2.75, 3.05) is 19.0 Å². The molecule has 1 aromatic heterocycles. The molecule has 1 heterocycles. The van der Waals surface area contributed by atoms with E-state index in [1.807, 2.05) is 42.6 Å². The van der Waals surface area contributed by atoms with Gasteiger partial charge in [-0.05, 0) is 24.3 Å². The molecule has 26 heavy (non-hydrogen) atoms. The van der Waals surface area contributed by atoms with E-state index in [0.717, 1.165) is 28.3 Å². The summed E-state index contributed by atoms with van der Waals surface area (Å²) in [5, 5.41) is 10.4. The number of carbonyl (C=O) groups is 1. The van der Waals surface area contributed by atoms with Crippen molar-refractivity contribution in [2.45, 2.75) is 0 Å². The molecular weight excluding hydrogens is 330 g/mol. The minimum absolute atomic E-state index is 0.0418. The number of methoxy groups -OCH3 is 1. The maximum Gasteiger partial charge on any atom is 0.325 e. The Bertz CT molecular complexity index is 914. The molecule has 0 saturated carbocycles. The number of aromatic amines is 1. The van der Waals surface area contributed by atoms with Crippen LogP contribution in [0.5, 0.6) is 0 Å². The van der Waals surface area contributed by atoms with Gasteiger partial charge in [-0.2, -0.15) is 0 Å². The normalized spacial score (nSPS) is 10.3. The Morgan fingerprint density at radius 1 is 1.15 bits per heavy atom. The van der Waals surface area contributed by atoms with Crippen LogP contribution < -0.4 is 11.1 Å². The average molecular weight is 349 g/mol. The van der Waals surface area contributed by atoms with E-state index in [0.29, 0.717) is 5.56 Å². The smallest absolute Gasteiger partial charge is 0.325 e. The third-order valence-corrected chi connectivity index (χ3v) is 3.89. The molecule has 3 rings (SSSR count). The number of carbonyl (C=O) groups excluding carboxylic acids is 1. The molecule has 0 bridgehead atoms. The maximum absolute atomic E-state index is 11.2. The van der Waals surface area contributed by atoms with E-state index < -0.39 is 0 Å². The number of rotatable bonds is 6. The quantitative estimate of drug-likeness (QED) is 0.310. The summed E-state index contributed by atoms with van der Waals surface area (Å²) in [4.78, 5) is 18.9.